The molecular weight excluding hydrogens is 384 g/mol. The maximum absolute atomic E-state index is 12.3. The summed E-state index contributed by atoms with van der Waals surface area (Å²) >= 11 is 3.55. The summed E-state index contributed by atoms with van der Waals surface area (Å²) in [5.41, 5.74) is 2.43. The first kappa shape index (κ1) is 18.2. The Balaban J connectivity index is 1.73. The summed E-state index contributed by atoms with van der Waals surface area (Å²) in [7, 11) is 0. The summed E-state index contributed by atoms with van der Waals surface area (Å²) < 4.78 is 8.37. The molecule has 2 aromatic rings. The second-order valence-corrected chi connectivity index (χ2v) is 8.50. The Bertz CT molecular complexity index is 781. The second-order valence-electron chi connectivity index (χ2n) is 7.71. The molecule has 1 saturated heterocycles. The lowest BCUT2D eigenvalue weighted by atomic mass is 9.93. The van der Waals surface area contributed by atoms with E-state index < -0.39 is 5.60 Å². The van der Waals surface area contributed by atoms with Crippen LogP contribution in [0.2, 0.25) is 0 Å². The zero-order chi connectivity index (χ0) is 18.2. The maximum Gasteiger partial charge on any atom is 0.410 e. The van der Waals surface area contributed by atoms with Gasteiger partial charge in [0.15, 0.2) is 5.65 Å². The van der Waals surface area contributed by atoms with Crippen LogP contribution in [-0.4, -0.2) is 44.3 Å². The third-order valence-electron chi connectivity index (χ3n) is 4.37. The van der Waals surface area contributed by atoms with Gasteiger partial charge in [-0.2, -0.15) is 5.10 Å². The molecule has 2 aromatic heterocycles. The van der Waals surface area contributed by atoms with Crippen LogP contribution in [0.1, 0.15) is 45.0 Å². The topological polar surface area (TPSA) is 59.7 Å². The number of nitrogens with zero attached hydrogens (tertiary/aromatic N) is 4. The highest BCUT2D eigenvalue weighted by Crippen LogP contribution is 2.25. The standard InChI is InChI=1S/C18H25BrN4O2/c1-12-15(19)16-20-8-7-14(23(16)21-12)10-13-6-5-9-22(11-13)17(24)25-18(2,3)4/h7-8,13H,5-6,9-11H2,1-4H3. The van der Waals surface area contributed by atoms with Gasteiger partial charge in [-0.15, -0.1) is 0 Å². The molecule has 0 aliphatic carbocycles. The van der Waals surface area contributed by atoms with E-state index >= 15 is 0 Å². The highest BCUT2D eigenvalue weighted by molar-refractivity contribution is 9.10. The third-order valence-corrected chi connectivity index (χ3v) is 5.30. The van der Waals surface area contributed by atoms with Gasteiger partial charge >= 0.3 is 6.09 Å². The van der Waals surface area contributed by atoms with Crippen molar-refractivity contribution >= 4 is 27.7 Å². The first-order chi connectivity index (χ1) is 11.7. The van der Waals surface area contributed by atoms with E-state index in [2.05, 4.69) is 26.0 Å². The van der Waals surface area contributed by atoms with E-state index in [1.165, 1.54) is 0 Å². The molecule has 0 radical (unpaired) electrons. The molecule has 1 amide bonds. The predicted molar refractivity (Wildman–Crippen MR) is 99.7 cm³/mol. The van der Waals surface area contributed by atoms with Crippen molar-refractivity contribution in [1.29, 1.82) is 0 Å². The lowest BCUT2D eigenvalue weighted by Crippen LogP contribution is -2.43. The van der Waals surface area contributed by atoms with Gasteiger partial charge in [0.2, 0.25) is 0 Å². The molecule has 1 unspecified atom stereocenters. The molecule has 136 valence electrons. The normalized spacial score (nSPS) is 18.6. The van der Waals surface area contributed by atoms with E-state index in [1.54, 1.807) is 0 Å². The van der Waals surface area contributed by atoms with Crippen LogP contribution < -0.4 is 0 Å². The highest BCUT2D eigenvalue weighted by atomic mass is 79.9. The van der Waals surface area contributed by atoms with E-state index in [4.69, 9.17) is 4.74 Å². The minimum Gasteiger partial charge on any atom is -0.444 e. The number of piperidine rings is 1. The molecule has 0 aromatic carbocycles. The lowest BCUT2D eigenvalue weighted by Gasteiger charge is -2.34. The van der Waals surface area contributed by atoms with Crippen molar-refractivity contribution in [3.8, 4) is 0 Å². The molecule has 1 atom stereocenters. The number of aryl methyl sites for hydroxylation is 1. The predicted octanol–water partition coefficient (Wildman–Crippen LogP) is 3.99. The first-order valence-electron chi connectivity index (χ1n) is 8.71. The van der Waals surface area contributed by atoms with Crippen molar-refractivity contribution < 1.29 is 9.53 Å². The average molecular weight is 409 g/mol. The monoisotopic (exact) mass is 408 g/mol. The number of fused-ring (bicyclic) bond motifs is 1. The number of carbonyl (C=O) groups is 1. The fourth-order valence-electron chi connectivity index (χ4n) is 3.25. The quantitative estimate of drug-likeness (QED) is 0.753. The number of hydrogen-bond acceptors (Lipinski definition) is 4. The Kier molecular flexibility index (Phi) is 5.04. The zero-order valence-corrected chi connectivity index (χ0v) is 16.8. The fourth-order valence-corrected chi connectivity index (χ4v) is 3.60. The maximum atomic E-state index is 12.3. The minimum absolute atomic E-state index is 0.213. The minimum atomic E-state index is -0.458. The number of carbonyl (C=O) groups excluding carboxylic acids is 1. The van der Waals surface area contributed by atoms with Gasteiger partial charge in [0.1, 0.15) is 5.60 Å². The van der Waals surface area contributed by atoms with Crippen LogP contribution in [0.25, 0.3) is 5.65 Å². The van der Waals surface area contributed by atoms with Crippen molar-refractivity contribution in [2.45, 2.75) is 52.6 Å². The summed E-state index contributed by atoms with van der Waals surface area (Å²) in [6.07, 6.45) is 4.58. The van der Waals surface area contributed by atoms with Gasteiger partial charge < -0.3 is 9.64 Å². The molecular formula is C18H25BrN4O2. The third kappa shape index (κ3) is 4.14. The number of hydrogen-bond donors (Lipinski definition) is 0. The van der Waals surface area contributed by atoms with E-state index in [-0.39, 0.29) is 6.09 Å². The van der Waals surface area contributed by atoms with Crippen LogP contribution in [0.4, 0.5) is 4.79 Å². The molecule has 1 aliphatic rings. The van der Waals surface area contributed by atoms with E-state index in [1.807, 2.05) is 49.4 Å². The van der Waals surface area contributed by atoms with Crippen LogP contribution in [0, 0.1) is 12.8 Å². The molecule has 0 bridgehead atoms. The zero-order valence-electron chi connectivity index (χ0n) is 15.3. The largest absolute Gasteiger partial charge is 0.444 e. The smallest absolute Gasteiger partial charge is 0.410 e. The Morgan fingerprint density at radius 3 is 2.92 bits per heavy atom. The number of ether oxygens (including phenoxy) is 1. The lowest BCUT2D eigenvalue weighted by molar-refractivity contribution is 0.0165. The van der Waals surface area contributed by atoms with Gasteiger partial charge in [0.05, 0.1) is 10.2 Å². The van der Waals surface area contributed by atoms with Crippen molar-refractivity contribution in [2.75, 3.05) is 13.1 Å². The molecule has 1 aliphatic heterocycles. The molecule has 0 spiro atoms. The van der Waals surface area contributed by atoms with Crippen LogP contribution in [0.15, 0.2) is 16.7 Å². The number of amides is 1. The van der Waals surface area contributed by atoms with Crippen molar-refractivity contribution in [2.24, 2.45) is 5.92 Å². The average Bonchev–Trinajstić information content (AvgIpc) is 2.82. The molecule has 3 heterocycles. The Labute approximate surface area is 156 Å². The summed E-state index contributed by atoms with van der Waals surface area (Å²) in [6.45, 7) is 9.16. The summed E-state index contributed by atoms with van der Waals surface area (Å²) in [5.74, 6) is 0.398. The molecule has 7 heteroatoms. The van der Waals surface area contributed by atoms with Crippen LogP contribution in [-0.2, 0) is 11.2 Å². The van der Waals surface area contributed by atoms with E-state index in [9.17, 15) is 4.79 Å². The van der Waals surface area contributed by atoms with Gasteiger partial charge in [0, 0.05) is 25.0 Å². The van der Waals surface area contributed by atoms with Gasteiger partial charge in [-0.25, -0.2) is 14.3 Å². The van der Waals surface area contributed by atoms with Gasteiger partial charge in [-0.3, -0.25) is 0 Å². The van der Waals surface area contributed by atoms with Crippen LogP contribution in [0.3, 0.4) is 0 Å². The van der Waals surface area contributed by atoms with Gasteiger partial charge in [-0.05, 0) is 74.9 Å². The number of aromatic nitrogens is 3. The fraction of sp³-hybridized carbons (Fsp3) is 0.611. The first-order valence-corrected chi connectivity index (χ1v) is 9.50. The number of likely N-dealkylation sites (tertiary alicyclic amines) is 1. The Morgan fingerprint density at radius 1 is 1.44 bits per heavy atom. The van der Waals surface area contributed by atoms with Crippen LogP contribution >= 0.6 is 15.9 Å². The Hall–Kier alpha value is -1.63. The Morgan fingerprint density at radius 2 is 2.20 bits per heavy atom. The van der Waals surface area contributed by atoms with Crippen molar-refractivity contribution in [3.63, 3.8) is 0 Å². The van der Waals surface area contributed by atoms with Crippen molar-refractivity contribution in [1.82, 2.24) is 19.5 Å². The second kappa shape index (κ2) is 6.94. The number of rotatable bonds is 2. The summed E-state index contributed by atoms with van der Waals surface area (Å²) in [4.78, 5) is 18.6. The molecule has 1 fully saturated rings. The molecule has 0 saturated carbocycles. The molecule has 3 rings (SSSR count). The summed E-state index contributed by atoms with van der Waals surface area (Å²) in [6, 6.07) is 2.01. The van der Waals surface area contributed by atoms with E-state index in [0.29, 0.717) is 5.92 Å². The number of halogens is 1. The molecule has 0 N–H and O–H groups in total. The highest BCUT2D eigenvalue weighted by Gasteiger charge is 2.28. The van der Waals surface area contributed by atoms with E-state index in [0.717, 1.165) is 53.9 Å². The summed E-state index contributed by atoms with van der Waals surface area (Å²) in [5, 5.41) is 4.58. The molecule has 25 heavy (non-hydrogen) atoms. The molecule has 6 nitrogen and oxygen atoms in total. The SMILES string of the molecule is Cc1nn2c(CC3CCCN(C(=O)OC(C)(C)C)C3)ccnc2c1Br. The van der Waals surface area contributed by atoms with Gasteiger partial charge in [-0.1, -0.05) is 0 Å². The van der Waals surface area contributed by atoms with Crippen molar-refractivity contribution in [3.05, 3.63) is 28.1 Å². The van der Waals surface area contributed by atoms with Gasteiger partial charge in [0.25, 0.3) is 0 Å². The van der Waals surface area contributed by atoms with Crippen LogP contribution in [0.5, 0.6) is 0 Å².